The Balaban J connectivity index is 2.51. The van der Waals surface area contributed by atoms with Gasteiger partial charge in [0.05, 0.1) is 12.9 Å². The third-order valence-electron chi connectivity index (χ3n) is 2.51. The maximum absolute atomic E-state index is 11.8. The lowest BCUT2D eigenvalue weighted by Gasteiger charge is -2.01. The number of furan rings is 1. The first-order chi connectivity index (χ1) is 9.34. The van der Waals surface area contributed by atoms with E-state index in [0.29, 0.717) is 6.42 Å². The number of hydrogen-bond donors (Lipinski definition) is 1. The molecule has 1 aromatic rings. The average Bonchev–Trinajstić information content (AvgIpc) is 2.81. The number of methoxy groups -OCH3 is 1. The van der Waals surface area contributed by atoms with E-state index in [0.717, 1.165) is 0 Å². The van der Waals surface area contributed by atoms with Crippen molar-refractivity contribution in [3.05, 3.63) is 23.7 Å². The van der Waals surface area contributed by atoms with Crippen LogP contribution in [0.3, 0.4) is 0 Å². The lowest BCUT2D eigenvalue weighted by Crippen LogP contribution is -2.09. The minimum atomic E-state index is -3.39. The highest BCUT2D eigenvalue weighted by Crippen LogP contribution is 2.14. The lowest BCUT2D eigenvalue weighted by atomic mass is 10.3. The van der Waals surface area contributed by atoms with E-state index in [2.05, 4.69) is 4.74 Å². The molecule has 0 aliphatic heterocycles. The predicted octanol–water partition coefficient (Wildman–Crippen LogP) is 1.24. The van der Waals surface area contributed by atoms with Crippen molar-refractivity contribution >= 4 is 21.8 Å². The molecule has 20 heavy (non-hydrogen) atoms. The molecule has 1 rings (SSSR count). The monoisotopic (exact) mass is 304 g/mol. The van der Waals surface area contributed by atoms with Crippen LogP contribution in [0.5, 0.6) is 0 Å². The van der Waals surface area contributed by atoms with Gasteiger partial charge in [0.25, 0.3) is 0 Å². The number of rotatable bonds is 8. The van der Waals surface area contributed by atoms with Gasteiger partial charge in [-0.05, 0) is 25.0 Å². The number of esters is 1. The number of carboxylic acid groups (broad SMARTS) is 1. The SMILES string of the molecule is COC(=O)c1ccc(CS(=O)(=O)CCCCC(=O)O)o1. The zero-order chi connectivity index (χ0) is 15.2. The first-order valence-corrected chi connectivity index (χ1v) is 7.75. The molecule has 0 saturated carbocycles. The molecule has 8 heteroatoms. The molecule has 0 amide bonds. The van der Waals surface area contributed by atoms with Crippen LogP contribution in [0.4, 0.5) is 0 Å². The molecule has 0 radical (unpaired) electrons. The minimum absolute atomic E-state index is 0.0522. The number of unbranched alkanes of at least 4 members (excludes halogenated alkanes) is 1. The molecule has 0 unspecified atom stereocenters. The predicted molar refractivity (Wildman–Crippen MR) is 69.0 cm³/mol. The van der Waals surface area contributed by atoms with Crippen LogP contribution in [0.2, 0.25) is 0 Å². The Bertz CT molecular complexity index is 570. The Morgan fingerprint density at radius 1 is 1.30 bits per heavy atom. The second-order valence-corrected chi connectivity index (χ2v) is 6.38. The van der Waals surface area contributed by atoms with Crippen molar-refractivity contribution in [2.45, 2.75) is 25.0 Å². The first-order valence-electron chi connectivity index (χ1n) is 5.93. The second-order valence-electron chi connectivity index (χ2n) is 4.20. The van der Waals surface area contributed by atoms with Crippen LogP contribution in [0.25, 0.3) is 0 Å². The molecular weight excluding hydrogens is 288 g/mol. The molecule has 0 aliphatic rings. The molecule has 0 fully saturated rings. The lowest BCUT2D eigenvalue weighted by molar-refractivity contribution is -0.137. The van der Waals surface area contributed by atoms with Gasteiger partial charge in [-0.15, -0.1) is 0 Å². The van der Waals surface area contributed by atoms with Gasteiger partial charge < -0.3 is 14.3 Å². The molecule has 1 N–H and O–H groups in total. The third-order valence-corrected chi connectivity index (χ3v) is 4.14. The molecule has 0 aromatic carbocycles. The highest BCUT2D eigenvalue weighted by molar-refractivity contribution is 7.90. The summed E-state index contributed by atoms with van der Waals surface area (Å²) in [6, 6.07) is 2.75. The summed E-state index contributed by atoms with van der Waals surface area (Å²) in [6.07, 6.45) is 0.530. The molecule has 1 heterocycles. The highest BCUT2D eigenvalue weighted by atomic mass is 32.2. The number of sulfone groups is 1. The summed E-state index contributed by atoms with van der Waals surface area (Å²) in [5.41, 5.74) is 0. The Morgan fingerprint density at radius 3 is 2.60 bits per heavy atom. The summed E-state index contributed by atoms with van der Waals surface area (Å²) in [4.78, 5) is 21.4. The van der Waals surface area contributed by atoms with Crippen molar-refractivity contribution in [2.24, 2.45) is 0 Å². The van der Waals surface area contributed by atoms with E-state index >= 15 is 0 Å². The summed E-state index contributed by atoms with van der Waals surface area (Å²) in [5.74, 6) is -1.95. The number of carboxylic acids is 1. The van der Waals surface area contributed by atoms with Crippen LogP contribution in [0.15, 0.2) is 16.5 Å². The minimum Gasteiger partial charge on any atom is -0.481 e. The Labute approximate surface area is 116 Å². The number of ether oxygens (including phenoxy) is 1. The van der Waals surface area contributed by atoms with Crippen LogP contribution in [-0.4, -0.2) is 38.3 Å². The van der Waals surface area contributed by atoms with E-state index in [1.165, 1.54) is 19.2 Å². The van der Waals surface area contributed by atoms with Gasteiger partial charge in [-0.25, -0.2) is 13.2 Å². The number of carbonyl (C=O) groups is 2. The molecule has 0 atom stereocenters. The van der Waals surface area contributed by atoms with Crippen LogP contribution < -0.4 is 0 Å². The smallest absolute Gasteiger partial charge is 0.373 e. The zero-order valence-corrected chi connectivity index (χ0v) is 11.8. The highest BCUT2D eigenvalue weighted by Gasteiger charge is 2.17. The molecular formula is C12H16O7S. The molecule has 0 spiro atoms. The van der Waals surface area contributed by atoms with Crippen molar-refractivity contribution in [3.8, 4) is 0 Å². The van der Waals surface area contributed by atoms with Gasteiger partial charge >= 0.3 is 11.9 Å². The van der Waals surface area contributed by atoms with E-state index in [1.54, 1.807) is 0 Å². The van der Waals surface area contributed by atoms with Gasteiger partial charge in [0.2, 0.25) is 5.76 Å². The fraction of sp³-hybridized carbons (Fsp3) is 0.500. The van der Waals surface area contributed by atoms with Crippen LogP contribution >= 0.6 is 0 Å². The summed E-state index contributed by atoms with van der Waals surface area (Å²) >= 11 is 0. The fourth-order valence-electron chi connectivity index (χ4n) is 1.55. The quantitative estimate of drug-likeness (QED) is 0.568. The Hall–Kier alpha value is -1.83. The molecule has 1 aromatic heterocycles. The number of aliphatic carboxylic acids is 1. The summed E-state index contributed by atoms with van der Waals surface area (Å²) in [6.45, 7) is 0. The van der Waals surface area contributed by atoms with Crippen LogP contribution in [0.1, 0.15) is 35.6 Å². The number of carbonyl (C=O) groups excluding carboxylic acids is 1. The molecule has 0 bridgehead atoms. The Morgan fingerprint density at radius 2 is 2.00 bits per heavy atom. The average molecular weight is 304 g/mol. The molecule has 7 nitrogen and oxygen atoms in total. The second kappa shape index (κ2) is 7.09. The van der Waals surface area contributed by atoms with Crippen LogP contribution in [0, 0.1) is 0 Å². The van der Waals surface area contributed by atoms with Gasteiger partial charge in [-0.3, -0.25) is 4.79 Å². The largest absolute Gasteiger partial charge is 0.481 e. The van der Waals surface area contributed by atoms with Crippen molar-refractivity contribution in [2.75, 3.05) is 12.9 Å². The van der Waals surface area contributed by atoms with Crippen molar-refractivity contribution < 1.29 is 32.3 Å². The number of hydrogen-bond acceptors (Lipinski definition) is 6. The van der Waals surface area contributed by atoms with Crippen LogP contribution in [-0.2, 0) is 25.1 Å². The van der Waals surface area contributed by atoms with Crippen molar-refractivity contribution in [1.82, 2.24) is 0 Å². The summed E-state index contributed by atoms with van der Waals surface area (Å²) in [5, 5.41) is 8.45. The van der Waals surface area contributed by atoms with Crippen molar-refractivity contribution in [3.63, 3.8) is 0 Å². The van der Waals surface area contributed by atoms with Gasteiger partial charge in [0, 0.05) is 6.42 Å². The fourth-order valence-corrected chi connectivity index (χ4v) is 2.93. The Kier molecular flexibility index (Phi) is 5.75. The normalized spacial score (nSPS) is 11.2. The topological polar surface area (TPSA) is 111 Å². The molecule has 112 valence electrons. The van der Waals surface area contributed by atoms with Gasteiger partial charge in [-0.2, -0.15) is 0 Å². The maximum Gasteiger partial charge on any atom is 0.373 e. The van der Waals surface area contributed by atoms with Gasteiger partial charge in [0.1, 0.15) is 11.5 Å². The zero-order valence-electron chi connectivity index (χ0n) is 11.0. The van der Waals surface area contributed by atoms with E-state index in [1.807, 2.05) is 0 Å². The van der Waals surface area contributed by atoms with Gasteiger partial charge in [-0.1, -0.05) is 0 Å². The van der Waals surface area contributed by atoms with E-state index < -0.39 is 21.8 Å². The molecule has 0 saturated heterocycles. The third kappa shape index (κ3) is 5.43. The summed E-state index contributed by atoms with van der Waals surface area (Å²) in [7, 11) is -2.19. The molecule has 0 aliphatic carbocycles. The first kappa shape index (κ1) is 16.2. The van der Waals surface area contributed by atoms with Gasteiger partial charge in [0.15, 0.2) is 9.84 Å². The maximum atomic E-state index is 11.8. The van der Waals surface area contributed by atoms with E-state index in [9.17, 15) is 18.0 Å². The van der Waals surface area contributed by atoms with E-state index in [-0.39, 0.29) is 35.9 Å². The van der Waals surface area contributed by atoms with E-state index in [4.69, 9.17) is 9.52 Å². The van der Waals surface area contributed by atoms with Crippen molar-refractivity contribution in [1.29, 1.82) is 0 Å². The standard InChI is InChI=1S/C12H16O7S/c1-18-12(15)10-6-5-9(19-10)8-20(16,17)7-3-2-4-11(13)14/h5-6H,2-4,7-8H2,1H3,(H,13,14). The summed E-state index contributed by atoms with van der Waals surface area (Å²) < 4.78 is 33.1.